The van der Waals surface area contributed by atoms with Crippen molar-refractivity contribution in [1.82, 2.24) is 9.78 Å². The molecule has 0 aliphatic heterocycles. The molecule has 1 aromatic heterocycles. The number of methoxy groups -OCH3 is 1. The smallest absolute Gasteiger partial charge is 0.150 e. The Kier molecular flexibility index (Phi) is 3.06. The first-order chi connectivity index (χ1) is 8.04. The first-order valence-electron chi connectivity index (χ1n) is 4.86. The number of halogens is 2. The molecule has 2 aromatic rings. The quantitative estimate of drug-likeness (QED) is 0.927. The predicted octanol–water partition coefficient (Wildman–Crippen LogP) is 2.58. The van der Waals surface area contributed by atoms with Gasteiger partial charge >= 0.3 is 0 Å². The molecule has 0 saturated heterocycles. The van der Waals surface area contributed by atoms with Crippen molar-refractivity contribution in [3.63, 3.8) is 0 Å². The zero-order valence-corrected chi connectivity index (χ0v) is 11.0. The van der Waals surface area contributed by atoms with Gasteiger partial charge in [0.15, 0.2) is 5.82 Å². The van der Waals surface area contributed by atoms with Gasteiger partial charge in [0.2, 0.25) is 0 Å². The molecular formula is C11H11BrFN3O. The average molecular weight is 300 g/mol. The molecular weight excluding hydrogens is 289 g/mol. The predicted molar refractivity (Wildman–Crippen MR) is 67.3 cm³/mol. The molecule has 0 bridgehead atoms. The Morgan fingerprint density at radius 2 is 2.18 bits per heavy atom. The van der Waals surface area contributed by atoms with Gasteiger partial charge < -0.3 is 10.5 Å². The van der Waals surface area contributed by atoms with E-state index >= 15 is 0 Å². The van der Waals surface area contributed by atoms with Crippen molar-refractivity contribution in [2.45, 2.75) is 0 Å². The molecule has 0 aliphatic carbocycles. The van der Waals surface area contributed by atoms with Crippen LogP contribution >= 0.6 is 15.9 Å². The Hall–Kier alpha value is -1.56. The summed E-state index contributed by atoms with van der Waals surface area (Å²) < 4.78 is 21.0. The van der Waals surface area contributed by atoms with Crippen molar-refractivity contribution in [2.24, 2.45) is 7.05 Å². The summed E-state index contributed by atoms with van der Waals surface area (Å²) in [5, 5.41) is 4.14. The van der Waals surface area contributed by atoms with E-state index in [9.17, 15) is 4.39 Å². The SMILES string of the molecule is COc1ccc(Br)c(F)c1-c1cc(N)n(C)n1. The number of nitrogens with zero attached hydrogens (tertiary/aromatic N) is 2. The summed E-state index contributed by atoms with van der Waals surface area (Å²) in [5.41, 5.74) is 6.43. The number of rotatable bonds is 2. The minimum Gasteiger partial charge on any atom is -0.496 e. The van der Waals surface area contributed by atoms with Gasteiger partial charge in [-0.2, -0.15) is 5.10 Å². The molecule has 6 heteroatoms. The lowest BCUT2D eigenvalue weighted by molar-refractivity contribution is 0.413. The molecule has 0 saturated carbocycles. The molecule has 0 unspecified atom stereocenters. The minimum atomic E-state index is -0.414. The Balaban J connectivity index is 2.68. The normalized spacial score (nSPS) is 10.6. The van der Waals surface area contributed by atoms with E-state index in [0.29, 0.717) is 27.3 Å². The highest BCUT2D eigenvalue weighted by atomic mass is 79.9. The van der Waals surface area contributed by atoms with Gasteiger partial charge in [-0.25, -0.2) is 4.39 Å². The molecule has 0 aliphatic rings. The van der Waals surface area contributed by atoms with Gasteiger partial charge in [0, 0.05) is 13.1 Å². The van der Waals surface area contributed by atoms with Gasteiger partial charge in [-0.3, -0.25) is 4.68 Å². The Bertz CT molecular complexity index is 549. The third kappa shape index (κ3) is 2.00. The molecule has 90 valence electrons. The van der Waals surface area contributed by atoms with E-state index in [1.165, 1.54) is 11.8 Å². The third-order valence-corrected chi connectivity index (χ3v) is 3.06. The Morgan fingerprint density at radius 1 is 1.47 bits per heavy atom. The van der Waals surface area contributed by atoms with Crippen LogP contribution in [0.5, 0.6) is 5.75 Å². The lowest BCUT2D eigenvalue weighted by Gasteiger charge is -2.08. The van der Waals surface area contributed by atoms with E-state index in [-0.39, 0.29) is 0 Å². The molecule has 0 atom stereocenters. The van der Waals surface area contributed by atoms with E-state index in [1.54, 1.807) is 25.2 Å². The highest BCUT2D eigenvalue weighted by Crippen LogP contribution is 2.35. The molecule has 0 radical (unpaired) electrons. The van der Waals surface area contributed by atoms with Gasteiger partial charge in [0.25, 0.3) is 0 Å². The molecule has 1 heterocycles. The highest BCUT2D eigenvalue weighted by Gasteiger charge is 2.18. The largest absolute Gasteiger partial charge is 0.496 e. The molecule has 2 N–H and O–H groups in total. The Labute approximate surface area is 106 Å². The van der Waals surface area contributed by atoms with E-state index in [0.717, 1.165) is 0 Å². The van der Waals surface area contributed by atoms with Crippen LogP contribution in [0.1, 0.15) is 0 Å². The number of aryl methyl sites for hydroxylation is 1. The van der Waals surface area contributed by atoms with Crippen LogP contribution in [0.4, 0.5) is 10.2 Å². The van der Waals surface area contributed by atoms with Gasteiger partial charge in [-0.1, -0.05) is 0 Å². The topological polar surface area (TPSA) is 53.1 Å². The number of anilines is 1. The van der Waals surface area contributed by atoms with Crippen LogP contribution in [-0.2, 0) is 7.05 Å². The zero-order chi connectivity index (χ0) is 12.6. The maximum absolute atomic E-state index is 14.1. The molecule has 1 aromatic carbocycles. The average Bonchev–Trinajstić information content (AvgIpc) is 2.62. The standard InChI is InChI=1S/C11H11BrFN3O/c1-16-9(14)5-7(15-16)10-8(17-2)4-3-6(12)11(10)13/h3-5H,14H2,1-2H3. The van der Waals surface area contributed by atoms with Gasteiger partial charge in [0.1, 0.15) is 17.3 Å². The number of hydrogen-bond acceptors (Lipinski definition) is 3. The van der Waals surface area contributed by atoms with Crippen molar-refractivity contribution in [1.29, 1.82) is 0 Å². The number of nitrogens with two attached hydrogens (primary N) is 1. The second-order valence-electron chi connectivity index (χ2n) is 3.52. The molecule has 17 heavy (non-hydrogen) atoms. The van der Waals surface area contributed by atoms with Crippen molar-refractivity contribution < 1.29 is 9.13 Å². The molecule has 0 fully saturated rings. The van der Waals surface area contributed by atoms with Gasteiger partial charge in [-0.15, -0.1) is 0 Å². The second kappa shape index (κ2) is 4.37. The summed E-state index contributed by atoms with van der Waals surface area (Å²) in [6, 6.07) is 4.87. The first-order valence-corrected chi connectivity index (χ1v) is 5.65. The van der Waals surface area contributed by atoms with E-state index in [4.69, 9.17) is 10.5 Å². The summed E-state index contributed by atoms with van der Waals surface area (Å²) in [5.74, 6) is 0.465. The number of benzene rings is 1. The molecule has 2 rings (SSSR count). The number of aromatic nitrogens is 2. The Morgan fingerprint density at radius 3 is 2.71 bits per heavy atom. The second-order valence-corrected chi connectivity index (χ2v) is 4.37. The first kappa shape index (κ1) is 11.9. The lowest BCUT2D eigenvalue weighted by atomic mass is 10.1. The van der Waals surface area contributed by atoms with Gasteiger partial charge in [-0.05, 0) is 28.1 Å². The fraction of sp³-hybridized carbons (Fsp3) is 0.182. The van der Waals surface area contributed by atoms with E-state index in [2.05, 4.69) is 21.0 Å². The number of nitrogen functional groups attached to an aromatic ring is 1. The summed E-state index contributed by atoms with van der Waals surface area (Å²) >= 11 is 3.14. The fourth-order valence-electron chi connectivity index (χ4n) is 1.55. The van der Waals surface area contributed by atoms with Gasteiger partial charge in [0.05, 0.1) is 17.1 Å². The zero-order valence-electron chi connectivity index (χ0n) is 9.37. The molecule has 0 amide bonds. The summed E-state index contributed by atoms with van der Waals surface area (Å²) in [4.78, 5) is 0. The van der Waals surface area contributed by atoms with E-state index < -0.39 is 5.82 Å². The number of ether oxygens (including phenoxy) is 1. The highest BCUT2D eigenvalue weighted by molar-refractivity contribution is 9.10. The minimum absolute atomic E-state index is 0.300. The van der Waals surface area contributed by atoms with Crippen molar-refractivity contribution in [2.75, 3.05) is 12.8 Å². The maximum Gasteiger partial charge on any atom is 0.150 e. The van der Waals surface area contributed by atoms with Crippen LogP contribution < -0.4 is 10.5 Å². The maximum atomic E-state index is 14.1. The van der Waals surface area contributed by atoms with Crippen LogP contribution in [0.2, 0.25) is 0 Å². The van der Waals surface area contributed by atoms with Crippen LogP contribution in [0.15, 0.2) is 22.7 Å². The lowest BCUT2D eigenvalue weighted by Crippen LogP contribution is -1.97. The molecule has 0 spiro atoms. The summed E-state index contributed by atoms with van der Waals surface area (Å²) in [6.45, 7) is 0. The van der Waals surface area contributed by atoms with Crippen LogP contribution in [0.25, 0.3) is 11.3 Å². The monoisotopic (exact) mass is 299 g/mol. The van der Waals surface area contributed by atoms with Crippen LogP contribution in [0, 0.1) is 5.82 Å². The van der Waals surface area contributed by atoms with Crippen molar-refractivity contribution in [3.8, 4) is 17.0 Å². The van der Waals surface area contributed by atoms with Crippen LogP contribution in [-0.4, -0.2) is 16.9 Å². The third-order valence-electron chi connectivity index (χ3n) is 2.45. The van der Waals surface area contributed by atoms with Crippen molar-refractivity contribution >= 4 is 21.7 Å². The molecule has 4 nitrogen and oxygen atoms in total. The van der Waals surface area contributed by atoms with E-state index in [1.807, 2.05) is 0 Å². The summed E-state index contributed by atoms with van der Waals surface area (Å²) in [6.07, 6.45) is 0. The summed E-state index contributed by atoms with van der Waals surface area (Å²) in [7, 11) is 3.18. The fourth-order valence-corrected chi connectivity index (χ4v) is 1.88. The number of hydrogen-bond donors (Lipinski definition) is 1. The van der Waals surface area contributed by atoms with Crippen LogP contribution in [0.3, 0.4) is 0 Å². The van der Waals surface area contributed by atoms with Crippen molar-refractivity contribution in [3.05, 3.63) is 28.5 Å².